The SMILES string of the molecule is CCc1ccc(C(O)C23CC4CC(CC(C)(C4)C2)C3)s1. The summed E-state index contributed by atoms with van der Waals surface area (Å²) in [5.41, 5.74) is 0.727. The molecule has 4 saturated carbocycles. The smallest absolute Gasteiger partial charge is 0.0938 e. The van der Waals surface area contributed by atoms with Gasteiger partial charge in [0.15, 0.2) is 0 Å². The largest absolute Gasteiger partial charge is 0.387 e. The summed E-state index contributed by atoms with van der Waals surface area (Å²) in [7, 11) is 0. The maximum absolute atomic E-state index is 11.1. The van der Waals surface area contributed by atoms with E-state index in [1.54, 1.807) is 0 Å². The van der Waals surface area contributed by atoms with Crippen LogP contribution in [-0.2, 0) is 6.42 Å². The summed E-state index contributed by atoms with van der Waals surface area (Å²) in [6.07, 6.45) is 8.97. The van der Waals surface area contributed by atoms with Gasteiger partial charge in [0.05, 0.1) is 6.10 Å². The van der Waals surface area contributed by atoms with Crippen molar-refractivity contribution in [3.05, 3.63) is 21.9 Å². The summed E-state index contributed by atoms with van der Waals surface area (Å²) < 4.78 is 0. The monoisotopic (exact) mass is 290 g/mol. The van der Waals surface area contributed by atoms with Gasteiger partial charge in [-0.15, -0.1) is 11.3 Å². The number of aliphatic hydroxyl groups excluding tert-OH is 1. The standard InChI is InChI=1S/C18H26OS/c1-3-14-4-5-15(20-14)16(19)18-9-12-6-13(10-18)8-17(2,7-12)11-18/h4-5,12-13,16,19H,3,6-11H2,1-2H3. The molecule has 4 aliphatic carbocycles. The Morgan fingerprint density at radius 3 is 2.50 bits per heavy atom. The maximum atomic E-state index is 11.1. The molecule has 5 rings (SSSR count). The van der Waals surface area contributed by atoms with Crippen molar-refractivity contribution in [3.8, 4) is 0 Å². The van der Waals surface area contributed by atoms with Crippen molar-refractivity contribution in [1.82, 2.24) is 0 Å². The van der Waals surface area contributed by atoms with Crippen LogP contribution in [0.5, 0.6) is 0 Å². The Hall–Kier alpha value is -0.340. The van der Waals surface area contributed by atoms with Crippen molar-refractivity contribution >= 4 is 11.3 Å². The minimum atomic E-state index is -0.210. The van der Waals surface area contributed by atoms with Gasteiger partial charge in [-0.3, -0.25) is 0 Å². The fraction of sp³-hybridized carbons (Fsp3) is 0.778. The van der Waals surface area contributed by atoms with E-state index in [4.69, 9.17) is 0 Å². The van der Waals surface area contributed by atoms with E-state index in [9.17, 15) is 5.11 Å². The zero-order chi connectivity index (χ0) is 14.0. The zero-order valence-corrected chi connectivity index (χ0v) is 13.5. The van der Waals surface area contributed by atoms with Crippen LogP contribution in [0.4, 0.5) is 0 Å². The van der Waals surface area contributed by atoms with Crippen LogP contribution in [0, 0.1) is 22.7 Å². The molecule has 1 heterocycles. The van der Waals surface area contributed by atoms with Gasteiger partial charge in [0.1, 0.15) is 0 Å². The lowest BCUT2D eigenvalue weighted by Gasteiger charge is -2.62. The molecule has 0 saturated heterocycles. The first-order valence-electron chi connectivity index (χ1n) is 8.29. The fourth-order valence-electron chi connectivity index (χ4n) is 6.15. The van der Waals surface area contributed by atoms with E-state index < -0.39 is 0 Å². The fourth-order valence-corrected chi connectivity index (χ4v) is 7.23. The van der Waals surface area contributed by atoms with Crippen LogP contribution >= 0.6 is 11.3 Å². The zero-order valence-electron chi connectivity index (χ0n) is 12.7. The highest BCUT2D eigenvalue weighted by molar-refractivity contribution is 7.12. The van der Waals surface area contributed by atoms with E-state index in [1.807, 2.05) is 11.3 Å². The van der Waals surface area contributed by atoms with Crippen LogP contribution in [0.2, 0.25) is 0 Å². The lowest BCUT2D eigenvalue weighted by atomic mass is 9.43. The van der Waals surface area contributed by atoms with Crippen molar-refractivity contribution in [1.29, 1.82) is 0 Å². The normalized spacial score (nSPS) is 44.0. The van der Waals surface area contributed by atoms with Crippen LogP contribution in [-0.4, -0.2) is 5.11 Å². The van der Waals surface area contributed by atoms with E-state index in [1.165, 1.54) is 48.3 Å². The van der Waals surface area contributed by atoms with Crippen molar-refractivity contribution < 1.29 is 5.11 Å². The predicted octanol–water partition coefficient (Wildman–Crippen LogP) is 4.95. The van der Waals surface area contributed by atoms with Crippen molar-refractivity contribution in [2.75, 3.05) is 0 Å². The van der Waals surface area contributed by atoms with Gasteiger partial charge in [-0.1, -0.05) is 13.8 Å². The molecule has 1 nitrogen and oxygen atoms in total. The molecule has 20 heavy (non-hydrogen) atoms. The Bertz CT molecular complexity index is 503. The first-order chi connectivity index (χ1) is 9.52. The Kier molecular flexibility index (Phi) is 2.89. The van der Waals surface area contributed by atoms with Gasteiger partial charge in [0.2, 0.25) is 0 Å². The Morgan fingerprint density at radius 1 is 1.25 bits per heavy atom. The van der Waals surface area contributed by atoms with Gasteiger partial charge in [-0.25, -0.2) is 0 Å². The van der Waals surface area contributed by atoms with E-state index in [0.717, 1.165) is 18.3 Å². The minimum absolute atomic E-state index is 0.203. The molecule has 4 fully saturated rings. The Labute approximate surface area is 126 Å². The van der Waals surface area contributed by atoms with Crippen LogP contribution in [0.15, 0.2) is 12.1 Å². The molecule has 1 N–H and O–H groups in total. The van der Waals surface area contributed by atoms with Crippen LogP contribution in [0.1, 0.15) is 68.2 Å². The quantitative estimate of drug-likeness (QED) is 0.835. The average Bonchev–Trinajstić information content (AvgIpc) is 2.83. The van der Waals surface area contributed by atoms with E-state index >= 15 is 0 Å². The van der Waals surface area contributed by atoms with Gasteiger partial charge in [0.25, 0.3) is 0 Å². The molecule has 4 bridgehead atoms. The first kappa shape index (κ1) is 13.3. The third-order valence-corrected chi connectivity index (χ3v) is 7.56. The number of hydrogen-bond donors (Lipinski definition) is 1. The molecule has 0 radical (unpaired) electrons. The molecule has 1 aromatic heterocycles. The van der Waals surface area contributed by atoms with Gasteiger partial charge < -0.3 is 5.11 Å². The summed E-state index contributed by atoms with van der Waals surface area (Å²) in [5.74, 6) is 1.78. The highest BCUT2D eigenvalue weighted by atomic mass is 32.1. The van der Waals surface area contributed by atoms with E-state index in [2.05, 4.69) is 26.0 Å². The molecule has 3 atom stereocenters. The summed E-state index contributed by atoms with van der Waals surface area (Å²) in [6, 6.07) is 4.40. The average molecular weight is 290 g/mol. The number of aliphatic hydroxyl groups is 1. The van der Waals surface area contributed by atoms with Crippen molar-refractivity contribution in [2.45, 2.75) is 64.9 Å². The third-order valence-electron chi connectivity index (χ3n) is 6.28. The number of hydrogen-bond acceptors (Lipinski definition) is 2. The topological polar surface area (TPSA) is 20.2 Å². The van der Waals surface area contributed by atoms with Crippen molar-refractivity contribution in [2.24, 2.45) is 22.7 Å². The molecule has 0 aromatic carbocycles. The molecule has 3 unspecified atom stereocenters. The lowest BCUT2D eigenvalue weighted by molar-refractivity contribution is -0.154. The third kappa shape index (κ3) is 1.91. The first-order valence-corrected chi connectivity index (χ1v) is 9.10. The summed E-state index contributed by atoms with van der Waals surface area (Å²) in [6.45, 7) is 4.69. The van der Waals surface area contributed by atoms with Gasteiger partial charge in [-0.05, 0) is 74.3 Å². The van der Waals surface area contributed by atoms with Gasteiger partial charge in [-0.2, -0.15) is 0 Å². The number of thiophene rings is 1. The number of rotatable bonds is 3. The Morgan fingerprint density at radius 2 is 1.95 bits per heavy atom. The molecule has 2 heteroatoms. The lowest BCUT2D eigenvalue weighted by Crippen LogP contribution is -2.52. The molecular formula is C18H26OS. The Balaban J connectivity index is 1.66. The molecular weight excluding hydrogens is 264 g/mol. The second-order valence-electron chi connectivity index (χ2n) is 8.19. The van der Waals surface area contributed by atoms with Gasteiger partial charge in [0, 0.05) is 15.2 Å². The summed E-state index contributed by atoms with van der Waals surface area (Å²) in [4.78, 5) is 2.64. The molecule has 0 amide bonds. The van der Waals surface area contributed by atoms with E-state index in [-0.39, 0.29) is 11.5 Å². The summed E-state index contributed by atoms with van der Waals surface area (Å²) in [5, 5.41) is 11.1. The predicted molar refractivity (Wildman–Crippen MR) is 83.9 cm³/mol. The molecule has 0 aliphatic heterocycles. The van der Waals surface area contributed by atoms with Crippen molar-refractivity contribution in [3.63, 3.8) is 0 Å². The highest BCUT2D eigenvalue weighted by Crippen LogP contribution is 2.68. The molecule has 4 aliphatic rings. The van der Waals surface area contributed by atoms with Crippen LogP contribution in [0.3, 0.4) is 0 Å². The second-order valence-corrected chi connectivity index (χ2v) is 9.39. The molecule has 0 spiro atoms. The second kappa shape index (κ2) is 4.33. The van der Waals surface area contributed by atoms with Crippen LogP contribution < -0.4 is 0 Å². The molecule has 110 valence electrons. The number of aryl methyl sites for hydroxylation is 1. The van der Waals surface area contributed by atoms with E-state index in [0.29, 0.717) is 5.41 Å². The van der Waals surface area contributed by atoms with Crippen LogP contribution in [0.25, 0.3) is 0 Å². The van der Waals surface area contributed by atoms with Gasteiger partial charge >= 0.3 is 0 Å². The molecule has 1 aromatic rings. The minimum Gasteiger partial charge on any atom is -0.387 e. The summed E-state index contributed by atoms with van der Waals surface area (Å²) >= 11 is 1.84. The highest BCUT2D eigenvalue weighted by Gasteiger charge is 2.58. The maximum Gasteiger partial charge on any atom is 0.0938 e.